The highest BCUT2D eigenvalue weighted by Crippen LogP contribution is 2.13. The van der Waals surface area contributed by atoms with Crippen molar-refractivity contribution >= 4 is 0 Å². The smallest absolute Gasteiger partial charge is 0.255 e. The molecular formula is C17H23NO. The zero-order valence-electron chi connectivity index (χ0n) is 12.5. The molecule has 0 fully saturated rings. The number of nitrogens with zero attached hydrogens (tertiary/aromatic N) is 1. The van der Waals surface area contributed by atoms with Crippen LogP contribution in [0, 0.1) is 6.92 Å². The summed E-state index contributed by atoms with van der Waals surface area (Å²) < 4.78 is 1.67. The fraction of sp³-hybridized carbons (Fsp3) is 0.353. The average Bonchev–Trinajstić information content (AvgIpc) is 2.42. The molecule has 0 aliphatic carbocycles. The molecule has 0 aliphatic heterocycles. The van der Waals surface area contributed by atoms with Gasteiger partial charge in [0.15, 0.2) is 0 Å². The lowest BCUT2D eigenvalue weighted by Crippen LogP contribution is -2.17. The van der Waals surface area contributed by atoms with Crippen molar-refractivity contribution < 1.29 is 0 Å². The molecule has 2 rings (SSSR count). The third-order valence-electron chi connectivity index (χ3n) is 2.92. The SMILES string of the molecule is CC.Cc1ccc(-n2ccc(C(C)C)cc2=O)cc1. The summed E-state index contributed by atoms with van der Waals surface area (Å²) >= 11 is 0. The Morgan fingerprint density at radius 3 is 2.05 bits per heavy atom. The lowest BCUT2D eigenvalue weighted by atomic mass is 10.1. The van der Waals surface area contributed by atoms with Crippen LogP contribution in [-0.2, 0) is 0 Å². The van der Waals surface area contributed by atoms with Crippen LogP contribution in [0.2, 0.25) is 0 Å². The molecule has 1 aromatic carbocycles. The van der Waals surface area contributed by atoms with Gasteiger partial charge in [-0.2, -0.15) is 0 Å². The zero-order valence-corrected chi connectivity index (χ0v) is 12.5. The van der Waals surface area contributed by atoms with Gasteiger partial charge in [0.05, 0.1) is 0 Å². The Morgan fingerprint density at radius 2 is 1.58 bits per heavy atom. The molecule has 0 bridgehead atoms. The van der Waals surface area contributed by atoms with E-state index in [1.807, 2.05) is 57.3 Å². The minimum atomic E-state index is 0.0278. The quantitative estimate of drug-likeness (QED) is 0.786. The predicted octanol–water partition coefficient (Wildman–Crippen LogP) is 4.30. The van der Waals surface area contributed by atoms with Crippen molar-refractivity contribution in [3.8, 4) is 5.69 Å². The van der Waals surface area contributed by atoms with Crippen molar-refractivity contribution in [2.24, 2.45) is 0 Å². The first-order chi connectivity index (χ1) is 9.08. The van der Waals surface area contributed by atoms with Crippen molar-refractivity contribution in [3.05, 3.63) is 64.1 Å². The van der Waals surface area contributed by atoms with Crippen LogP contribution in [0.3, 0.4) is 0 Å². The molecule has 0 spiro atoms. The minimum Gasteiger partial charge on any atom is -0.284 e. The van der Waals surface area contributed by atoms with Gasteiger partial charge in [0.1, 0.15) is 0 Å². The van der Waals surface area contributed by atoms with Crippen LogP contribution in [-0.4, -0.2) is 4.57 Å². The van der Waals surface area contributed by atoms with Crippen LogP contribution in [0.1, 0.15) is 44.7 Å². The van der Waals surface area contributed by atoms with E-state index < -0.39 is 0 Å². The highest BCUT2D eigenvalue weighted by Gasteiger charge is 2.03. The maximum absolute atomic E-state index is 12.0. The van der Waals surface area contributed by atoms with Gasteiger partial charge in [-0.25, -0.2) is 0 Å². The normalized spacial score (nSPS) is 10.0. The Labute approximate surface area is 115 Å². The van der Waals surface area contributed by atoms with Crippen molar-refractivity contribution in [2.45, 2.75) is 40.5 Å². The number of hydrogen-bond acceptors (Lipinski definition) is 1. The summed E-state index contributed by atoms with van der Waals surface area (Å²) in [7, 11) is 0. The molecule has 0 saturated heterocycles. The maximum Gasteiger partial charge on any atom is 0.255 e. The molecule has 102 valence electrons. The molecule has 19 heavy (non-hydrogen) atoms. The van der Waals surface area contributed by atoms with Gasteiger partial charge in [-0.05, 0) is 36.6 Å². The molecule has 0 amide bonds. The average molecular weight is 257 g/mol. The first-order valence-corrected chi connectivity index (χ1v) is 6.87. The summed E-state index contributed by atoms with van der Waals surface area (Å²) in [5, 5.41) is 0. The van der Waals surface area contributed by atoms with Gasteiger partial charge in [-0.15, -0.1) is 0 Å². The largest absolute Gasteiger partial charge is 0.284 e. The second kappa shape index (κ2) is 6.93. The molecule has 0 unspecified atom stereocenters. The Hall–Kier alpha value is -1.83. The van der Waals surface area contributed by atoms with E-state index in [2.05, 4.69) is 13.8 Å². The van der Waals surface area contributed by atoms with E-state index in [1.54, 1.807) is 10.6 Å². The molecule has 2 nitrogen and oxygen atoms in total. The first kappa shape index (κ1) is 15.2. The topological polar surface area (TPSA) is 22.0 Å². The third-order valence-corrected chi connectivity index (χ3v) is 2.92. The number of aromatic nitrogens is 1. The van der Waals surface area contributed by atoms with Crippen LogP contribution in [0.5, 0.6) is 0 Å². The van der Waals surface area contributed by atoms with Gasteiger partial charge in [0, 0.05) is 18.0 Å². The summed E-state index contributed by atoms with van der Waals surface area (Å²) in [4.78, 5) is 12.0. The third kappa shape index (κ3) is 3.82. The molecule has 0 aliphatic rings. The summed E-state index contributed by atoms with van der Waals surface area (Å²) in [5.74, 6) is 0.385. The Morgan fingerprint density at radius 1 is 1.00 bits per heavy atom. The molecule has 2 aromatic rings. The van der Waals surface area contributed by atoms with E-state index >= 15 is 0 Å². The summed E-state index contributed by atoms with van der Waals surface area (Å²) in [6.45, 7) is 10.2. The van der Waals surface area contributed by atoms with Gasteiger partial charge in [0.2, 0.25) is 0 Å². The van der Waals surface area contributed by atoms with Gasteiger partial charge in [-0.3, -0.25) is 9.36 Å². The molecule has 2 heteroatoms. The second-order valence-electron chi connectivity index (χ2n) is 4.66. The Balaban J connectivity index is 0.000000861. The van der Waals surface area contributed by atoms with Crippen molar-refractivity contribution in [1.82, 2.24) is 4.57 Å². The molecule has 0 N–H and O–H groups in total. The van der Waals surface area contributed by atoms with E-state index in [-0.39, 0.29) is 5.56 Å². The van der Waals surface area contributed by atoms with Gasteiger partial charge < -0.3 is 0 Å². The van der Waals surface area contributed by atoms with E-state index in [4.69, 9.17) is 0 Å². The number of aryl methyl sites for hydroxylation is 1. The Bertz CT molecular complexity index is 565. The fourth-order valence-electron chi connectivity index (χ4n) is 1.77. The first-order valence-electron chi connectivity index (χ1n) is 6.87. The molecule has 0 radical (unpaired) electrons. The molecule has 1 heterocycles. The summed E-state index contributed by atoms with van der Waals surface area (Å²) in [5.41, 5.74) is 3.22. The van der Waals surface area contributed by atoms with Crippen LogP contribution in [0.25, 0.3) is 5.69 Å². The highest BCUT2D eigenvalue weighted by molar-refractivity contribution is 5.35. The molecular weight excluding hydrogens is 234 g/mol. The molecule has 0 atom stereocenters. The van der Waals surface area contributed by atoms with Crippen molar-refractivity contribution in [2.75, 3.05) is 0 Å². The molecule has 1 aromatic heterocycles. The van der Waals surface area contributed by atoms with E-state index in [9.17, 15) is 4.79 Å². The lowest BCUT2D eigenvalue weighted by Gasteiger charge is -2.09. The van der Waals surface area contributed by atoms with Crippen LogP contribution >= 0.6 is 0 Å². The number of pyridine rings is 1. The predicted molar refractivity (Wildman–Crippen MR) is 82.2 cm³/mol. The lowest BCUT2D eigenvalue weighted by molar-refractivity contribution is 0.847. The van der Waals surface area contributed by atoms with E-state index in [0.29, 0.717) is 5.92 Å². The van der Waals surface area contributed by atoms with Gasteiger partial charge in [0.25, 0.3) is 5.56 Å². The van der Waals surface area contributed by atoms with Gasteiger partial charge in [-0.1, -0.05) is 45.4 Å². The van der Waals surface area contributed by atoms with Crippen LogP contribution in [0.15, 0.2) is 47.4 Å². The van der Waals surface area contributed by atoms with Crippen LogP contribution in [0.4, 0.5) is 0 Å². The van der Waals surface area contributed by atoms with Crippen molar-refractivity contribution in [1.29, 1.82) is 0 Å². The van der Waals surface area contributed by atoms with E-state index in [0.717, 1.165) is 11.3 Å². The second-order valence-corrected chi connectivity index (χ2v) is 4.66. The zero-order chi connectivity index (χ0) is 14.4. The number of rotatable bonds is 2. The Kier molecular flexibility index (Phi) is 5.56. The number of hydrogen-bond donors (Lipinski definition) is 0. The van der Waals surface area contributed by atoms with Crippen LogP contribution < -0.4 is 5.56 Å². The minimum absolute atomic E-state index is 0.0278. The summed E-state index contributed by atoms with van der Waals surface area (Å²) in [6, 6.07) is 11.7. The summed E-state index contributed by atoms with van der Waals surface area (Å²) in [6.07, 6.45) is 1.85. The standard InChI is InChI=1S/C15H17NO.C2H6/c1-11(2)13-8-9-16(15(17)10-13)14-6-4-12(3)5-7-14;1-2/h4-11H,1-3H3;1-2H3. The molecule has 0 saturated carbocycles. The maximum atomic E-state index is 12.0. The number of benzene rings is 1. The van der Waals surface area contributed by atoms with E-state index in [1.165, 1.54) is 5.56 Å². The monoisotopic (exact) mass is 257 g/mol. The van der Waals surface area contributed by atoms with Gasteiger partial charge >= 0.3 is 0 Å². The van der Waals surface area contributed by atoms with Crippen molar-refractivity contribution in [3.63, 3.8) is 0 Å². The fourth-order valence-corrected chi connectivity index (χ4v) is 1.77. The highest BCUT2D eigenvalue weighted by atomic mass is 16.1.